The Labute approximate surface area is 80.9 Å². The van der Waals surface area contributed by atoms with E-state index in [4.69, 9.17) is 4.52 Å². The van der Waals surface area contributed by atoms with E-state index in [9.17, 15) is 10.1 Å². The van der Waals surface area contributed by atoms with Gasteiger partial charge in [0.15, 0.2) is 5.69 Å². The molecule has 6 heteroatoms. The molecule has 14 heavy (non-hydrogen) atoms. The van der Waals surface area contributed by atoms with Gasteiger partial charge in [-0.05, 0) is 6.08 Å². The molecule has 0 saturated heterocycles. The molecule has 1 rings (SSSR count). The van der Waals surface area contributed by atoms with Crippen molar-refractivity contribution in [3.8, 4) is 0 Å². The lowest BCUT2D eigenvalue weighted by Crippen LogP contribution is -2.00. The maximum Gasteiger partial charge on any atom is 0.338 e. The Morgan fingerprint density at radius 2 is 2.21 bits per heavy atom. The molecule has 0 N–H and O–H groups in total. The standard InChI is InChI=1S/C8H11N3O3/c1-6-8(11(12)13)7(9-14-6)4-5-10(2)3/h4-5H,1-3H3/b5-4+. The number of rotatable bonds is 3. The highest BCUT2D eigenvalue weighted by molar-refractivity contribution is 5.57. The summed E-state index contributed by atoms with van der Waals surface area (Å²) in [5.74, 6) is 0.216. The first-order valence-electron chi connectivity index (χ1n) is 3.97. The molecule has 1 aromatic rings. The van der Waals surface area contributed by atoms with Gasteiger partial charge in [-0.15, -0.1) is 0 Å². The minimum Gasteiger partial charge on any atom is -0.383 e. The zero-order valence-corrected chi connectivity index (χ0v) is 8.22. The van der Waals surface area contributed by atoms with Gasteiger partial charge in [0.2, 0.25) is 5.76 Å². The molecule has 0 aliphatic rings. The van der Waals surface area contributed by atoms with Gasteiger partial charge in [0, 0.05) is 27.2 Å². The van der Waals surface area contributed by atoms with Crippen LogP contribution in [0.1, 0.15) is 11.5 Å². The molecule has 0 aliphatic carbocycles. The van der Waals surface area contributed by atoms with E-state index >= 15 is 0 Å². The summed E-state index contributed by atoms with van der Waals surface area (Å²) in [5, 5.41) is 14.2. The van der Waals surface area contributed by atoms with Crippen molar-refractivity contribution in [2.45, 2.75) is 6.92 Å². The fourth-order valence-corrected chi connectivity index (χ4v) is 0.936. The Morgan fingerprint density at radius 1 is 1.57 bits per heavy atom. The van der Waals surface area contributed by atoms with Gasteiger partial charge in [-0.1, -0.05) is 5.16 Å². The molecular weight excluding hydrogens is 186 g/mol. The van der Waals surface area contributed by atoms with E-state index in [2.05, 4.69) is 5.16 Å². The fraction of sp³-hybridized carbons (Fsp3) is 0.375. The highest BCUT2D eigenvalue weighted by atomic mass is 16.6. The van der Waals surface area contributed by atoms with Gasteiger partial charge in [-0.2, -0.15) is 0 Å². The van der Waals surface area contributed by atoms with Gasteiger partial charge in [-0.25, -0.2) is 0 Å². The Balaban J connectivity index is 3.04. The van der Waals surface area contributed by atoms with Crippen LogP contribution in [0.4, 0.5) is 5.69 Å². The minimum atomic E-state index is -0.499. The van der Waals surface area contributed by atoms with Crippen molar-refractivity contribution in [2.75, 3.05) is 14.1 Å². The molecule has 0 fully saturated rings. The van der Waals surface area contributed by atoms with Gasteiger partial charge in [0.25, 0.3) is 0 Å². The normalized spacial score (nSPS) is 10.8. The molecule has 1 heterocycles. The van der Waals surface area contributed by atoms with Gasteiger partial charge in [-0.3, -0.25) is 10.1 Å². The number of hydrogen-bond acceptors (Lipinski definition) is 5. The van der Waals surface area contributed by atoms with Crippen LogP contribution in [0.3, 0.4) is 0 Å². The smallest absolute Gasteiger partial charge is 0.338 e. The number of nitrogens with zero attached hydrogens (tertiary/aromatic N) is 3. The predicted octanol–water partition coefficient (Wildman–Crippen LogP) is 1.42. The third-order valence-electron chi connectivity index (χ3n) is 1.57. The van der Waals surface area contributed by atoms with E-state index in [-0.39, 0.29) is 17.1 Å². The second-order valence-corrected chi connectivity index (χ2v) is 3.01. The van der Waals surface area contributed by atoms with Crippen molar-refractivity contribution in [3.63, 3.8) is 0 Å². The van der Waals surface area contributed by atoms with E-state index in [0.717, 1.165) is 0 Å². The molecule has 0 unspecified atom stereocenters. The average molecular weight is 197 g/mol. The van der Waals surface area contributed by atoms with Crippen LogP contribution in [-0.2, 0) is 0 Å². The van der Waals surface area contributed by atoms with Crippen LogP contribution in [0, 0.1) is 17.0 Å². The summed E-state index contributed by atoms with van der Waals surface area (Å²) in [6.45, 7) is 1.51. The largest absolute Gasteiger partial charge is 0.383 e. The lowest BCUT2D eigenvalue weighted by atomic mass is 10.3. The Bertz CT molecular complexity index is 368. The Kier molecular flexibility index (Phi) is 2.85. The average Bonchev–Trinajstić information content (AvgIpc) is 2.43. The van der Waals surface area contributed by atoms with Gasteiger partial charge < -0.3 is 9.42 Å². The fourth-order valence-electron chi connectivity index (χ4n) is 0.936. The lowest BCUT2D eigenvalue weighted by molar-refractivity contribution is -0.386. The summed E-state index contributed by atoms with van der Waals surface area (Å²) in [6.07, 6.45) is 3.21. The predicted molar refractivity (Wildman–Crippen MR) is 50.6 cm³/mol. The molecule has 0 amide bonds. The van der Waals surface area contributed by atoms with Crippen LogP contribution in [-0.4, -0.2) is 29.1 Å². The first-order chi connectivity index (χ1) is 6.52. The second-order valence-electron chi connectivity index (χ2n) is 3.01. The van der Waals surface area contributed by atoms with Crippen LogP contribution in [0.5, 0.6) is 0 Å². The number of aromatic nitrogens is 1. The van der Waals surface area contributed by atoms with E-state index in [0.29, 0.717) is 0 Å². The Hall–Kier alpha value is -1.85. The van der Waals surface area contributed by atoms with Gasteiger partial charge >= 0.3 is 5.69 Å². The van der Waals surface area contributed by atoms with Crippen molar-refractivity contribution in [3.05, 3.63) is 27.8 Å². The second kappa shape index (κ2) is 3.91. The van der Waals surface area contributed by atoms with Crippen molar-refractivity contribution < 1.29 is 9.45 Å². The van der Waals surface area contributed by atoms with E-state index in [1.165, 1.54) is 13.0 Å². The first-order valence-corrected chi connectivity index (χ1v) is 3.97. The van der Waals surface area contributed by atoms with Crippen molar-refractivity contribution >= 4 is 11.8 Å². The van der Waals surface area contributed by atoms with Gasteiger partial charge in [0.05, 0.1) is 4.92 Å². The summed E-state index contributed by atoms with van der Waals surface area (Å²) < 4.78 is 4.73. The van der Waals surface area contributed by atoms with E-state index < -0.39 is 4.92 Å². The van der Waals surface area contributed by atoms with Crippen LogP contribution in [0.25, 0.3) is 6.08 Å². The first kappa shape index (κ1) is 10.2. The molecule has 0 aromatic carbocycles. The quantitative estimate of drug-likeness (QED) is 0.541. The molecule has 0 bridgehead atoms. The summed E-state index contributed by atoms with van der Waals surface area (Å²) in [7, 11) is 3.63. The maximum absolute atomic E-state index is 10.6. The highest BCUT2D eigenvalue weighted by Crippen LogP contribution is 2.23. The third kappa shape index (κ3) is 2.09. The van der Waals surface area contributed by atoms with Crippen molar-refractivity contribution in [1.29, 1.82) is 0 Å². The molecule has 0 saturated carbocycles. The van der Waals surface area contributed by atoms with Crippen molar-refractivity contribution in [1.82, 2.24) is 10.1 Å². The molecule has 0 radical (unpaired) electrons. The van der Waals surface area contributed by atoms with Crippen LogP contribution >= 0.6 is 0 Å². The zero-order valence-electron chi connectivity index (χ0n) is 8.22. The topological polar surface area (TPSA) is 72.4 Å². The molecule has 1 aromatic heterocycles. The minimum absolute atomic E-state index is 0.0805. The Morgan fingerprint density at radius 3 is 2.71 bits per heavy atom. The van der Waals surface area contributed by atoms with E-state index in [1.54, 1.807) is 11.1 Å². The molecule has 76 valence electrons. The number of aryl methyl sites for hydroxylation is 1. The summed E-state index contributed by atoms with van der Waals surface area (Å²) in [5.41, 5.74) is 0.157. The molecular formula is C8H11N3O3. The summed E-state index contributed by atoms with van der Waals surface area (Å²) in [4.78, 5) is 11.9. The lowest BCUT2D eigenvalue weighted by Gasteiger charge is -2.01. The third-order valence-corrected chi connectivity index (χ3v) is 1.57. The molecule has 0 aliphatic heterocycles. The summed E-state index contributed by atoms with van der Waals surface area (Å²) >= 11 is 0. The van der Waals surface area contributed by atoms with Crippen LogP contribution in [0.15, 0.2) is 10.7 Å². The molecule has 0 atom stereocenters. The maximum atomic E-state index is 10.6. The zero-order chi connectivity index (χ0) is 10.7. The monoisotopic (exact) mass is 197 g/mol. The number of hydrogen-bond donors (Lipinski definition) is 0. The SMILES string of the molecule is Cc1onc(/C=C/N(C)C)c1[N+](=O)[O-]. The van der Waals surface area contributed by atoms with Gasteiger partial charge in [0.1, 0.15) is 0 Å². The van der Waals surface area contributed by atoms with Crippen LogP contribution < -0.4 is 0 Å². The number of nitro groups is 1. The highest BCUT2D eigenvalue weighted by Gasteiger charge is 2.21. The van der Waals surface area contributed by atoms with Crippen molar-refractivity contribution in [2.24, 2.45) is 0 Å². The molecule has 0 spiro atoms. The van der Waals surface area contributed by atoms with E-state index in [1.807, 2.05) is 14.1 Å². The summed E-state index contributed by atoms with van der Waals surface area (Å²) in [6, 6.07) is 0. The molecule has 6 nitrogen and oxygen atoms in total. The van der Waals surface area contributed by atoms with Crippen LogP contribution in [0.2, 0.25) is 0 Å².